The van der Waals surface area contributed by atoms with E-state index >= 15 is 0 Å². The summed E-state index contributed by atoms with van der Waals surface area (Å²) in [6.45, 7) is 5.22. The smallest absolute Gasteiger partial charge is 0.227 e. The van der Waals surface area contributed by atoms with Crippen LogP contribution in [0.2, 0.25) is 0 Å². The summed E-state index contributed by atoms with van der Waals surface area (Å²) in [6, 6.07) is -0.129. The summed E-state index contributed by atoms with van der Waals surface area (Å²) in [6.07, 6.45) is 1.71. The van der Waals surface area contributed by atoms with Crippen LogP contribution in [0.4, 0.5) is 0 Å². The van der Waals surface area contributed by atoms with E-state index < -0.39 is 0 Å². The summed E-state index contributed by atoms with van der Waals surface area (Å²) in [5.41, 5.74) is 0. The number of aryl methyl sites for hydroxylation is 1. The molecule has 0 aliphatic heterocycles. The summed E-state index contributed by atoms with van der Waals surface area (Å²) in [7, 11) is 0. The first-order valence-electron chi connectivity index (χ1n) is 4.70. The average Bonchev–Trinajstić information content (AvgIpc) is 2.49. The highest BCUT2D eigenvalue weighted by molar-refractivity contribution is 7.11. The number of nitrogens with zero attached hydrogens (tertiary/aromatic N) is 1. The molecule has 5 heteroatoms. The molecule has 0 saturated heterocycles. The Morgan fingerprint density at radius 2 is 2.27 bits per heavy atom. The molecule has 1 aromatic rings. The van der Waals surface area contributed by atoms with Crippen molar-refractivity contribution in [1.82, 2.24) is 10.3 Å². The van der Waals surface area contributed by atoms with Gasteiger partial charge >= 0.3 is 0 Å². The van der Waals surface area contributed by atoms with Crippen LogP contribution in [0.15, 0.2) is 6.20 Å². The first-order valence-corrected chi connectivity index (χ1v) is 5.52. The topological polar surface area (TPSA) is 59.1 Å². The van der Waals surface area contributed by atoms with Crippen LogP contribution in [0.5, 0.6) is 0 Å². The fourth-order valence-corrected chi connectivity index (χ4v) is 1.93. The maximum absolute atomic E-state index is 11.3. The predicted octanol–water partition coefficient (Wildman–Crippen LogP) is 1.61. The molecule has 1 amide bonds. The first kappa shape index (κ1) is 11.8. The van der Waals surface area contributed by atoms with E-state index in [2.05, 4.69) is 10.3 Å². The molecule has 1 heterocycles. The Hall–Kier alpha value is -1.23. The zero-order valence-electron chi connectivity index (χ0n) is 9.03. The minimum Gasteiger partial charge on any atom is -0.347 e. The van der Waals surface area contributed by atoms with Crippen molar-refractivity contribution in [3.8, 4) is 0 Å². The molecule has 0 spiro atoms. The molecule has 0 aliphatic carbocycles. The van der Waals surface area contributed by atoms with Gasteiger partial charge in [0.05, 0.1) is 12.5 Å². The number of nitrogens with one attached hydrogen (secondary N) is 1. The summed E-state index contributed by atoms with van der Waals surface area (Å²) in [4.78, 5) is 27.3. The van der Waals surface area contributed by atoms with Gasteiger partial charge in [-0.2, -0.15) is 0 Å². The standard InChI is InChI=1S/C10H14N2O2S/c1-6(13)4-9(14)12-8(3)10-11-5-7(2)15-10/h5,8H,4H2,1-3H3,(H,12,14). The fourth-order valence-electron chi connectivity index (χ4n) is 1.15. The highest BCUT2D eigenvalue weighted by Gasteiger charge is 2.13. The molecule has 0 radical (unpaired) electrons. The minimum atomic E-state index is -0.247. The number of hydrogen-bond donors (Lipinski definition) is 1. The normalized spacial score (nSPS) is 12.2. The van der Waals surface area contributed by atoms with Crippen molar-refractivity contribution in [2.75, 3.05) is 0 Å². The molecule has 4 nitrogen and oxygen atoms in total. The van der Waals surface area contributed by atoms with E-state index in [0.717, 1.165) is 9.88 Å². The second-order valence-electron chi connectivity index (χ2n) is 3.48. The summed E-state index contributed by atoms with van der Waals surface area (Å²) in [5, 5.41) is 3.59. The van der Waals surface area contributed by atoms with E-state index in [4.69, 9.17) is 0 Å². The SMILES string of the molecule is CC(=O)CC(=O)NC(C)c1ncc(C)s1. The molecule has 0 fully saturated rings. The second-order valence-corrected chi connectivity index (χ2v) is 4.74. The largest absolute Gasteiger partial charge is 0.347 e. The third-order valence-electron chi connectivity index (χ3n) is 1.80. The summed E-state index contributed by atoms with van der Waals surface area (Å²) in [5.74, 6) is -0.377. The van der Waals surface area contributed by atoms with Crippen molar-refractivity contribution in [2.45, 2.75) is 33.2 Å². The first-order chi connectivity index (χ1) is 6.99. The van der Waals surface area contributed by atoms with E-state index in [-0.39, 0.29) is 24.2 Å². The monoisotopic (exact) mass is 226 g/mol. The van der Waals surface area contributed by atoms with Crippen LogP contribution < -0.4 is 5.32 Å². The van der Waals surface area contributed by atoms with E-state index in [0.29, 0.717) is 0 Å². The molecule has 0 saturated carbocycles. The average molecular weight is 226 g/mol. The quantitative estimate of drug-likeness (QED) is 0.793. The van der Waals surface area contributed by atoms with Crippen molar-refractivity contribution in [3.63, 3.8) is 0 Å². The van der Waals surface area contributed by atoms with Gasteiger partial charge in [0.1, 0.15) is 10.8 Å². The van der Waals surface area contributed by atoms with Crippen molar-refractivity contribution in [3.05, 3.63) is 16.1 Å². The highest BCUT2D eigenvalue weighted by Crippen LogP contribution is 2.18. The van der Waals surface area contributed by atoms with Crippen LogP contribution in [0.25, 0.3) is 0 Å². The lowest BCUT2D eigenvalue weighted by molar-refractivity contribution is -0.127. The molecule has 1 unspecified atom stereocenters. The molecule has 0 aromatic carbocycles. The number of ketones is 1. The Bertz CT molecular complexity index is 373. The van der Waals surface area contributed by atoms with Gasteiger partial charge < -0.3 is 5.32 Å². The lowest BCUT2D eigenvalue weighted by Gasteiger charge is -2.09. The number of carbonyl (C=O) groups excluding carboxylic acids is 2. The maximum atomic E-state index is 11.3. The van der Waals surface area contributed by atoms with Crippen molar-refractivity contribution in [1.29, 1.82) is 0 Å². The number of aromatic nitrogens is 1. The molecule has 1 rings (SSSR count). The minimum absolute atomic E-state index is 0.0608. The number of rotatable bonds is 4. The van der Waals surface area contributed by atoms with Crippen LogP contribution in [0, 0.1) is 6.92 Å². The van der Waals surface area contributed by atoms with E-state index in [9.17, 15) is 9.59 Å². The lowest BCUT2D eigenvalue weighted by atomic mass is 10.2. The van der Waals surface area contributed by atoms with E-state index in [1.54, 1.807) is 17.5 Å². The third kappa shape index (κ3) is 3.79. The van der Waals surface area contributed by atoms with Crippen LogP contribution in [-0.2, 0) is 9.59 Å². The Balaban J connectivity index is 2.52. The molecule has 15 heavy (non-hydrogen) atoms. The van der Waals surface area contributed by atoms with Gasteiger partial charge in [-0.05, 0) is 20.8 Å². The van der Waals surface area contributed by atoms with Gasteiger partial charge in [0.25, 0.3) is 0 Å². The summed E-state index contributed by atoms with van der Waals surface area (Å²) < 4.78 is 0. The van der Waals surface area contributed by atoms with Gasteiger partial charge in [-0.3, -0.25) is 9.59 Å². The molecule has 1 N–H and O–H groups in total. The van der Waals surface area contributed by atoms with Crippen LogP contribution in [0.3, 0.4) is 0 Å². The molecule has 82 valence electrons. The predicted molar refractivity (Wildman–Crippen MR) is 58.7 cm³/mol. The van der Waals surface area contributed by atoms with Crippen LogP contribution >= 0.6 is 11.3 Å². The Kier molecular flexibility index (Phi) is 3.96. The van der Waals surface area contributed by atoms with Crippen LogP contribution in [0.1, 0.15) is 36.2 Å². The zero-order chi connectivity index (χ0) is 11.4. The van der Waals surface area contributed by atoms with Gasteiger partial charge in [-0.15, -0.1) is 11.3 Å². The van der Waals surface area contributed by atoms with Gasteiger partial charge in [-0.1, -0.05) is 0 Å². The number of carbonyl (C=O) groups is 2. The maximum Gasteiger partial charge on any atom is 0.227 e. The fraction of sp³-hybridized carbons (Fsp3) is 0.500. The van der Waals surface area contributed by atoms with Crippen molar-refractivity contribution < 1.29 is 9.59 Å². The number of thiazole rings is 1. The second kappa shape index (κ2) is 5.02. The van der Waals surface area contributed by atoms with Gasteiger partial charge in [0.2, 0.25) is 5.91 Å². The van der Waals surface area contributed by atoms with E-state index in [1.807, 2.05) is 13.8 Å². The van der Waals surface area contributed by atoms with Crippen molar-refractivity contribution >= 4 is 23.0 Å². The van der Waals surface area contributed by atoms with Gasteiger partial charge in [0, 0.05) is 11.1 Å². The molecule has 1 aromatic heterocycles. The molecular formula is C10H14N2O2S. The van der Waals surface area contributed by atoms with Gasteiger partial charge in [0.15, 0.2) is 0 Å². The van der Waals surface area contributed by atoms with Crippen LogP contribution in [-0.4, -0.2) is 16.7 Å². The number of amides is 1. The van der Waals surface area contributed by atoms with Crippen molar-refractivity contribution in [2.24, 2.45) is 0 Å². The molecule has 1 atom stereocenters. The summed E-state index contributed by atoms with van der Waals surface area (Å²) >= 11 is 1.55. The number of hydrogen-bond acceptors (Lipinski definition) is 4. The lowest BCUT2D eigenvalue weighted by Crippen LogP contribution is -2.27. The Morgan fingerprint density at radius 1 is 1.60 bits per heavy atom. The molecular weight excluding hydrogens is 212 g/mol. The zero-order valence-corrected chi connectivity index (χ0v) is 9.85. The molecule has 0 bridgehead atoms. The number of Topliss-reactive ketones (excluding diaryl/α,β-unsaturated/α-hetero) is 1. The third-order valence-corrected chi connectivity index (χ3v) is 2.89. The molecule has 0 aliphatic rings. The Morgan fingerprint density at radius 3 is 2.73 bits per heavy atom. The highest BCUT2D eigenvalue weighted by atomic mass is 32.1. The van der Waals surface area contributed by atoms with Gasteiger partial charge in [-0.25, -0.2) is 4.98 Å². The Labute approximate surface area is 92.7 Å². The van der Waals surface area contributed by atoms with E-state index in [1.165, 1.54) is 6.92 Å².